The Bertz CT molecular complexity index is 1440. The number of rotatable bonds is 7. The van der Waals surface area contributed by atoms with E-state index in [4.69, 9.17) is 22.1 Å². The van der Waals surface area contributed by atoms with E-state index in [9.17, 15) is 4.39 Å². The second-order valence-electron chi connectivity index (χ2n) is 7.44. The molecule has 0 saturated heterocycles. The molecule has 3 N–H and O–H groups in total. The minimum absolute atomic E-state index is 0.335. The number of hydrogen-bond acceptors (Lipinski definition) is 6. The van der Waals surface area contributed by atoms with Gasteiger partial charge in [0.25, 0.3) is 0 Å². The molecule has 7 nitrogen and oxygen atoms in total. The van der Waals surface area contributed by atoms with Crippen LogP contribution in [-0.4, -0.2) is 32.9 Å². The number of fused-ring (bicyclic) bond motifs is 1. The summed E-state index contributed by atoms with van der Waals surface area (Å²) in [5.41, 5.74) is 8.72. The van der Waals surface area contributed by atoms with Crippen molar-refractivity contribution in [1.82, 2.24) is 19.7 Å². The highest BCUT2D eigenvalue weighted by Gasteiger charge is 2.20. The molecule has 5 aromatic rings. The van der Waals surface area contributed by atoms with Gasteiger partial charge in [-0.2, -0.15) is 4.98 Å². The fourth-order valence-electron chi connectivity index (χ4n) is 3.56. The number of anilines is 2. The molecule has 0 unspecified atom stereocenters. The van der Waals surface area contributed by atoms with E-state index in [-0.39, 0.29) is 5.82 Å². The first-order chi connectivity index (χ1) is 16.6. The van der Waals surface area contributed by atoms with Crippen molar-refractivity contribution >= 4 is 34.4 Å². The summed E-state index contributed by atoms with van der Waals surface area (Å²) in [6.07, 6.45) is 0. The summed E-state index contributed by atoms with van der Waals surface area (Å²) in [7, 11) is 0. The van der Waals surface area contributed by atoms with Crippen LogP contribution in [0.25, 0.3) is 28.0 Å². The standard InChI is InChI=1S/C25H20ClFN6O/c26-19-8-4-5-9-20(19)33-23(28)21-22(16-10-12-17(27)13-11-16)30-25(31-24(21)32-33)29-14-15-34-18-6-2-1-3-7-18/h1-13H,14-15,28H2,(H,29,31,32). The van der Waals surface area contributed by atoms with Crippen molar-refractivity contribution in [2.45, 2.75) is 0 Å². The van der Waals surface area contributed by atoms with Crippen LogP contribution in [0.2, 0.25) is 5.02 Å². The highest BCUT2D eigenvalue weighted by molar-refractivity contribution is 6.32. The van der Waals surface area contributed by atoms with Gasteiger partial charge in [0, 0.05) is 5.56 Å². The Morgan fingerprint density at radius 1 is 0.941 bits per heavy atom. The predicted molar refractivity (Wildman–Crippen MR) is 132 cm³/mol. The third kappa shape index (κ3) is 4.35. The zero-order valence-electron chi connectivity index (χ0n) is 18.0. The molecule has 0 aliphatic rings. The number of benzene rings is 3. The number of hydrogen-bond donors (Lipinski definition) is 2. The van der Waals surface area contributed by atoms with E-state index in [1.165, 1.54) is 16.8 Å². The van der Waals surface area contributed by atoms with Crippen LogP contribution in [0.15, 0.2) is 78.9 Å². The lowest BCUT2D eigenvalue weighted by Gasteiger charge is -2.10. The molecule has 170 valence electrons. The third-order valence-corrected chi connectivity index (χ3v) is 5.48. The number of aromatic nitrogens is 4. The molecule has 0 bridgehead atoms. The number of halogens is 2. The van der Waals surface area contributed by atoms with Crippen molar-refractivity contribution in [2.75, 3.05) is 24.2 Å². The molecule has 2 heterocycles. The Kier molecular flexibility index (Phi) is 5.97. The van der Waals surface area contributed by atoms with Crippen LogP contribution >= 0.6 is 11.6 Å². The summed E-state index contributed by atoms with van der Waals surface area (Å²) in [6.45, 7) is 0.872. The van der Waals surface area contributed by atoms with Gasteiger partial charge in [-0.05, 0) is 48.5 Å². The first kappa shape index (κ1) is 21.7. The number of nitrogens with one attached hydrogen (secondary N) is 1. The van der Waals surface area contributed by atoms with Gasteiger partial charge in [-0.15, -0.1) is 5.10 Å². The average Bonchev–Trinajstić information content (AvgIpc) is 3.19. The fraction of sp³-hybridized carbons (Fsp3) is 0.0800. The molecule has 0 saturated carbocycles. The van der Waals surface area contributed by atoms with Crippen LogP contribution in [0.4, 0.5) is 16.2 Å². The van der Waals surface area contributed by atoms with E-state index < -0.39 is 0 Å². The van der Waals surface area contributed by atoms with Crippen molar-refractivity contribution in [1.29, 1.82) is 0 Å². The molecule has 0 aliphatic heterocycles. The van der Waals surface area contributed by atoms with Gasteiger partial charge in [-0.25, -0.2) is 14.1 Å². The molecule has 0 radical (unpaired) electrons. The van der Waals surface area contributed by atoms with E-state index >= 15 is 0 Å². The number of ether oxygens (including phenoxy) is 1. The van der Waals surface area contributed by atoms with Crippen LogP contribution in [0.3, 0.4) is 0 Å². The molecule has 0 spiro atoms. The zero-order chi connectivity index (χ0) is 23.5. The Morgan fingerprint density at radius 2 is 1.68 bits per heavy atom. The number of nitrogens with zero attached hydrogens (tertiary/aromatic N) is 4. The SMILES string of the molecule is Nc1c2c(-c3ccc(F)cc3)nc(NCCOc3ccccc3)nc2nn1-c1ccccc1Cl. The van der Waals surface area contributed by atoms with Crippen LogP contribution < -0.4 is 15.8 Å². The molecular formula is C25H20ClFN6O. The molecule has 2 aromatic heterocycles. The average molecular weight is 475 g/mol. The smallest absolute Gasteiger partial charge is 0.225 e. The van der Waals surface area contributed by atoms with E-state index in [0.717, 1.165) is 5.75 Å². The first-order valence-corrected chi connectivity index (χ1v) is 11.0. The fourth-order valence-corrected chi connectivity index (χ4v) is 3.78. The maximum atomic E-state index is 13.6. The summed E-state index contributed by atoms with van der Waals surface area (Å²) in [4.78, 5) is 9.22. The maximum Gasteiger partial charge on any atom is 0.225 e. The largest absolute Gasteiger partial charge is 0.492 e. The van der Waals surface area contributed by atoms with Gasteiger partial charge < -0.3 is 15.8 Å². The zero-order valence-corrected chi connectivity index (χ0v) is 18.7. The molecule has 3 aromatic carbocycles. The van der Waals surface area contributed by atoms with Crippen molar-refractivity contribution in [2.24, 2.45) is 0 Å². The van der Waals surface area contributed by atoms with E-state index in [0.29, 0.717) is 57.9 Å². The Morgan fingerprint density at radius 3 is 2.44 bits per heavy atom. The quantitative estimate of drug-likeness (QED) is 0.309. The lowest BCUT2D eigenvalue weighted by molar-refractivity contribution is 0.332. The van der Waals surface area contributed by atoms with E-state index in [2.05, 4.69) is 20.4 Å². The topological polar surface area (TPSA) is 90.9 Å². The molecule has 0 atom stereocenters. The van der Waals surface area contributed by atoms with Crippen molar-refractivity contribution in [3.05, 3.63) is 89.7 Å². The summed E-state index contributed by atoms with van der Waals surface area (Å²) in [5.74, 6) is 1.12. The first-order valence-electron chi connectivity index (χ1n) is 10.6. The monoisotopic (exact) mass is 474 g/mol. The van der Waals surface area contributed by atoms with Gasteiger partial charge in [-0.3, -0.25) is 0 Å². The van der Waals surface area contributed by atoms with Gasteiger partial charge in [0.05, 0.1) is 28.3 Å². The summed E-state index contributed by atoms with van der Waals surface area (Å²) < 4.78 is 20.8. The number of nitrogen functional groups attached to an aromatic ring is 1. The molecular weight excluding hydrogens is 455 g/mol. The second kappa shape index (κ2) is 9.36. The van der Waals surface area contributed by atoms with Crippen molar-refractivity contribution < 1.29 is 9.13 Å². The van der Waals surface area contributed by atoms with Crippen LogP contribution in [0.1, 0.15) is 0 Å². The number of nitrogens with two attached hydrogens (primary N) is 1. The minimum Gasteiger partial charge on any atom is -0.492 e. The van der Waals surface area contributed by atoms with Gasteiger partial charge in [0.15, 0.2) is 5.65 Å². The highest BCUT2D eigenvalue weighted by atomic mass is 35.5. The Labute approximate surface area is 200 Å². The van der Waals surface area contributed by atoms with E-state index in [1.807, 2.05) is 48.5 Å². The number of para-hydroxylation sites is 2. The Balaban J connectivity index is 1.52. The molecule has 9 heteroatoms. The molecule has 0 amide bonds. The van der Waals surface area contributed by atoms with Crippen molar-refractivity contribution in [3.63, 3.8) is 0 Å². The summed E-state index contributed by atoms with van der Waals surface area (Å²) in [5, 5.41) is 8.81. The lowest BCUT2D eigenvalue weighted by Crippen LogP contribution is -2.13. The third-order valence-electron chi connectivity index (χ3n) is 5.16. The van der Waals surface area contributed by atoms with Crippen molar-refractivity contribution in [3.8, 4) is 22.7 Å². The molecule has 34 heavy (non-hydrogen) atoms. The summed E-state index contributed by atoms with van der Waals surface area (Å²) >= 11 is 6.38. The Hall–Kier alpha value is -4.17. The second-order valence-corrected chi connectivity index (χ2v) is 7.85. The van der Waals surface area contributed by atoms with Gasteiger partial charge in [0.2, 0.25) is 5.95 Å². The minimum atomic E-state index is -0.342. The molecule has 5 rings (SSSR count). The van der Waals surface area contributed by atoms with Gasteiger partial charge in [0.1, 0.15) is 24.0 Å². The predicted octanol–water partition coefficient (Wildman–Crippen LogP) is 5.35. The van der Waals surface area contributed by atoms with Crippen LogP contribution in [-0.2, 0) is 0 Å². The highest BCUT2D eigenvalue weighted by Crippen LogP contribution is 2.34. The maximum absolute atomic E-state index is 13.6. The van der Waals surface area contributed by atoms with Gasteiger partial charge >= 0.3 is 0 Å². The summed E-state index contributed by atoms with van der Waals surface area (Å²) in [6, 6.07) is 22.8. The molecule has 0 aliphatic carbocycles. The lowest BCUT2D eigenvalue weighted by atomic mass is 10.1. The normalized spacial score (nSPS) is 11.0. The van der Waals surface area contributed by atoms with Crippen LogP contribution in [0.5, 0.6) is 5.75 Å². The van der Waals surface area contributed by atoms with Crippen LogP contribution in [0, 0.1) is 5.82 Å². The van der Waals surface area contributed by atoms with E-state index in [1.54, 1.807) is 18.2 Å². The van der Waals surface area contributed by atoms with Gasteiger partial charge in [-0.1, -0.05) is 41.9 Å². The molecule has 0 fully saturated rings.